The van der Waals surface area contributed by atoms with E-state index >= 15 is 0 Å². The Morgan fingerprint density at radius 3 is 2.20 bits per heavy atom. The van der Waals surface area contributed by atoms with Crippen molar-refractivity contribution < 1.29 is 31.9 Å². The smallest absolute Gasteiger partial charge is 0.351 e. The minimum absolute atomic E-state index is 0.150. The molecule has 2 aliphatic rings. The Kier molecular flexibility index (Phi) is 11.1. The normalized spacial score (nSPS) is 18.0. The highest BCUT2D eigenvalue weighted by Gasteiger charge is 2.47. The van der Waals surface area contributed by atoms with Gasteiger partial charge in [-0.2, -0.15) is 13.2 Å². The van der Waals surface area contributed by atoms with Crippen LogP contribution in [0.15, 0.2) is 17.1 Å². The summed E-state index contributed by atoms with van der Waals surface area (Å²) in [6.07, 6.45) is 1.06. The first-order valence-corrected chi connectivity index (χ1v) is 15.9. The number of aryl methyl sites for hydroxylation is 2. The maximum Gasteiger partial charge on any atom is 0.389 e. The molecule has 9 nitrogen and oxygen atoms in total. The van der Waals surface area contributed by atoms with Crippen molar-refractivity contribution in [3.63, 3.8) is 0 Å². The fourth-order valence-electron chi connectivity index (χ4n) is 5.57. The molecule has 232 valence electrons. The fourth-order valence-corrected chi connectivity index (χ4v) is 7.07. The summed E-state index contributed by atoms with van der Waals surface area (Å²) >= 11 is 0. The van der Waals surface area contributed by atoms with E-state index in [1.807, 2.05) is 26.0 Å². The third-order valence-corrected chi connectivity index (χ3v) is 10.1. The van der Waals surface area contributed by atoms with Gasteiger partial charge in [0.05, 0.1) is 5.75 Å². The monoisotopic (exact) mass is 603 g/mol. The number of unbranched alkanes of at least 4 members (excludes halogenated alkanes) is 5. The van der Waals surface area contributed by atoms with E-state index in [9.17, 15) is 31.9 Å². The lowest BCUT2D eigenvalue weighted by molar-refractivity contribution is -0.135. The second kappa shape index (κ2) is 13.7. The molecule has 0 atom stereocenters. The highest BCUT2D eigenvalue weighted by atomic mass is 32.3. The van der Waals surface area contributed by atoms with Crippen molar-refractivity contribution in [2.45, 2.75) is 96.2 Å². The van der Waals surface area contributed by atoms with Gasteiger partial charge in [-0.15, -0.1) is 10.8 Å². The first-order chi connectivity index (χ1) is 19.1. The number of hydrogen-bond acceptors (Lipinski definition) is 6. The number of nitrogens with zero attached hydrogens (tertiary/aromatic N) is 3. The number of rotatable bonds is 13. The number of urea groups is 1. The van der Waals surface area contributed by atoms with Crippen molar-refractivity contribution in [3.05, 3.63) is 28.8 Å². The maximum absolute atomic E-state index is 12.8. The van der Waals surface area contributed by atoms with Gasteiger partial charge in [0.15, 0.2) is 0 Å². The van der Waals surface area contributed by atoms with Gasteiger partial charge in [-0.25, -0.2) is 9.10 Å². The van der Waals surface area contributed by atoms with Crippen molar-refractivity contribution in [1.82, 2.24) is 9.62 Å². The first-order valence-electron chi connectivity index (χ1n) is 14.2. The molecule has 0 radical (unpaired) electrons. The summed E-state index contributed by atoms with van der Waals surface area (Å²) in [5, 5.41) is 2.89. The van der Waals surface area contributed by atoms with Crippen molar-refractivity contribution in [1.29, 1.82) is 0 Å². The minimum Gasteiger partial charge on any atom is -0.351 e. The SMILES string of the molecule is Cc1cc(N(C)C(N)=O)cc(C)c1CCS(O)(O)N1CCC2(CC1)N=C(CCCCCCCCC(F)(F)F)NC2=O. The number of carbonyl (C=O) groups is 2. The van der Waals surface area contributed by atoms with E-state index in [0.717, 1.165) is 42.4 Å². The summed E-state index contributed by atoms with van der Waals surface area (Å²) in [4.78, 5) is 30.4. The largest absolute Gasteiger partial charge is 0.389 e. The fraction of sp³-hybridized carbons (Fsp3) is 0.679. The Hall–Kier alpha value is -2.35. The molecule has 1 spiro atoms. The summed E-state index contributed by atoms with van der Waals surface area (Å²) in [6.45, 7) is 4.52. The molecule has 1 fully saturated rings. The number of nitrogens with two attached hydrogens (primary N) is 1. The summed E-state index contributed by atoms with van der Waals surface area (Å²) in [7, 11) is -1.46. The number of benzene rings is 1. The van der Waals surface area contributed by atoms with Gasteiger partial charge in [-0.3, -0.25) is 23.8 Å². The van der Waals surface area contributed by atoms with E-state index in [-0.39, 0.29) is 18.1 Å². The number of nitrogens with one attached hydrogen (secondary N) is 1. The summed E-state index contributed by atoms with van der Waals surface area (Å²) < 4.78 is 60.3. The molecule has 41 heavy (non-hydrogen) atoms. The van der Waals surface area contributed by atoms with Crippen molar-refractivity contribution in [3.8, 4) is 0 Å². The highest BCUT2D eigenvalue weighted by molar-refractivity contribution is 8.22. The molecule has 0 unspecified atom stereocenters. The third kappa shape index (κ3) is 9.07. The quantitative estimate of drug-likeness (QED) is 0.203. The second-order valence-electron chi connectivity index (χ2n) is 11.3. The van der Waals surface area contributed by atoms with E-state index in [4.69, 9.17) is 10.7 Å². The van der Waals surface area contributed by atoms with Crippen LogP contribution in [0.25, 0.3) is 0 Å². The Bertz CT molecular complexity index is 1100. The van der Waals surface area contributed by atoms with Gasteiger partial charge in [0.25, 0.3) is 5.91 Å². The van der Waals surface area contributed by atoms with Crippen molar-refractivity contribution >= 4 is 34.2 Å². The molecule has 3 amide bonds. The lowest BCUT2D eigenvalue weighted by Gasteiger charge is -2.47. The molecule has 1 saturated heterocycles. The van der Waals surface area contributed by atoms with Crippen LogP contribution in [-0.2, 0) is 11.2 Å². The van der Waals surface area contributed by atoms with Crippen molar-refractivity contribution in [2.24, 2.45) is 10.7 Å². The summed E-state index contributed by atoms with van der Waals surface area (Å²) in [5.41, 5.74) is 8.04. The molecule has 3 rings (SSSR count). The molecule has 0 bridgehead atoms. The number of hydrogen-bond donors (Lipinski definition) is 4. The molecule has 0 aliphatic carbocycles. The predicted molar refractivity (Wildman–Crippen MR) is 157 cm³/mol. The van der Waals surface area contributed by atoms with Gasteiger partial charge in [0.2, 0.25) is 0 Å². The molecular weight excluding hydrogens is 559 g/mol. The van der Waals surface area contributed by atoms with Crippen molar-refractivity contribution in [2.75, 3.05) is 30.8 Å². The number of alkyl halides is 3. The zero-order valence-corrected chi connectivity index (χ0v) is 25.0. The maximum atomic E-state index is 12.8. The van der Waals surface area contributed by atoms with Crippen LogP contribution >= 0.6 is 10.8 Å². The predicted octanol–water partition coefficient (Wildman–Crippen LogP) is 6.07. The van der Waals surface area contributed by atoms with Gasteiger partial charge in [-0.05, 0) is 74.8 Å². The van der Waals surface area contributed by atoms with Crippen LogP contribution in [0.3, 0.4) is 0 Å². The molecule has 1 aromatic carbocycles. The van der Waals surface area contributed by atoms with Gasteiger partial charge in [-0.1, -0.05) is 25.7 Å². The van der Waals surface area contributed by atoms with Crippen LogP contribution in [0.5, 0.6) is 0 Å². The Labute approximate surface area is 242 Å². The zero-order chi connectivity index (χ0) is 30.4. The molecule has 5 N–H and O–H groups in total. The standard InChI is InChI=1S/C28H44F3N5O4S/c1-20-18-22(35(3)26(32)38)19-21(2)23(20)11-17-41(39,40)36-15-13-27(14-16-36)25(37)33-24(34-27)10-8-6-4-5-7-9-12-28(29,30)31/h18-19,39-40H,4-17H2,1-3H3,(H2,32,38)(H,33,34,37). The number of aliphatic imine (C=N–C) groups is 1. The average molecular weight is 604 g/mol. The number of piperidine rings is 1. The third-order valence-electron chi connectivity index (χ3n) is 8.14. The number of primary amides is 1. The molecule has 2 heterocycles. The average Bonchev–Trinajstić information content (AvgIpc) is 3.18. The van der Waals surface area contributed by atoms with Gasteiger partial charge in [0, 0.05) is 38.7 Å². The van der Waals surface area contributed by atoms with Gasteiger partial charge < -0.3 is 11.1 Å². The molecule has 0 saturated carbocycles. The van der Waals surface area contributed by atoms with Crippen LogP contribution in [0.2, 0.25) is 0 Å². The van der Waals surface area contributed by atoms with E-state index in [1.54, 1.807) is 11.4 Å². The van der Waals surface area contributed by atoms with Crippen LogP contribution < -0.4 is 16.0 Å². The van der Waals surface area contributed by atoms with E-state index < -0.39 is 34.9 Å². The lowest BCUT2D eigenvalue weighted by Crippen LogP contribution is -2.49. The molecule has 13 heteroatoms. The Morgan fingerprint density at radius 1 is 1.07 bits per heavy atom. The number of anilines is 1. The summed E-state index contributed by atoms with van der Waals surface area (Å²) in [5.74, 6) is 0.649. The van der Waals surface area contributed by atoms with Crippen LogP contribution in [0, 0.1) is 13.8 Å². The molecule has 0 aromatic heterocycles. The molecular formula is C28H44F3N5O4S. The van der Waals surface area contributed by atoms with E-state index in [0.29, 0.717) is 56.7 Å². The zero-order valence-electron chi connectivity index (χ0n) is 24.2. The molecule has 2 aliphatic heterocycles. The van der Waals surface area contributed by atoms with Gasteiger partial charge >= 0.3 is 12.2 Å². The first kappa shape index (κ1) is 33.2. The highest BCUT2D eigenvalue weighted by Crippen LogP contribution is 2.47. The van der Waals surface area contributed by atoms with Gasteiger partial charge in [0.1, 0.15) is 11.4 Å². The Balaban J connectivity index is 1.46. The number of amidine groups is 1. The van der Waals surface area contributed by atoms with Crippen LogP contribution in [0.1, 0.15) is 80.9 Å². The molecule has 1 aromatic rings. The van der Waals surface area contributed by atoms with E-state index in [1.165, 1.54) is 4.90 Å². The van der Waals surface area contributed by atoms with E-state index in [2.05, 4.69) is 5.32 Å². The topological polar surface area (TPSA) is 131 Å². The number of amides is 3. The number of carbonyl (C=O) groups excluding carboxylic acids is 2. The van der Waals surface area contributed by atoms with Crippen LogP contribution in [0.4, 0.5) is 23.7 Å². The number of halogens is 3. The summed E-state index contributed by atoms with van der Waals surface area (Å²) in [6, 6.07) is 3.16. The minimum atomic E-state index is -4.08. The van der Waals surface area contributed by atoms with Crippen LogP contribution in [-0.4, -0.2) is 68.8 Å². The second-order valence-corrected chi connectivity index (χ2v) is 13.4. The lowest BCUT2D eigenvalue weighted by atomic mass is 9.89. The Morgan fingerprint density at radius 2 is 1.63 bits per heavy atom.